The average molecular weight is 308 g/mol. The molecule has 1 unspecified atom stereocenters. The largest absolute Gasteiger partial charge is 0.395 e. The van der Waals surface area contributed by atoms with Crippen molar-refractivity contribution in [2.75, 3.05) is 17.7 Å². The summed E-state index contributed by atoms with van der Waals surface area (Å²) in [5, 5.41) is 13.6. The number of carbonyl (C=O) groups is 2. The third kappa shape index (κ3) is 4.21. The van der Waals surface area contributed by atoms with Crippen molar-refractivity contribution < 1.29 is 19.1 Å². The third-order valence-electron chi connectivity index (χ3n) is 2.69. The third-order valence-corrected chi connectivity index (χ3v) is 3.57. The molecule has 0 radical (unpaired) electrons. The van der Waals surface area contributed by atoms with Crippen molar-refractivity contribution >= 4 is 28.6 Å². The van der Waals surface area contributed by atoms with Crippen LogP contribution in [0.15, 0.2) is 18.2 Å². The lowest BCUT2D eigenvalue weighted by atomic mass is 10.1. The predicted octanol–water partition coefficient (Wildman–Crippen LogP) is 1.32. The number of thioether (sulfide) groups is 1. The van der Waals surface area contributed by atoms with Crippen LogP contribution < -0.4 is 10.6 Å². The number of carbonyl (C=O) groups excluding carboxylic acids is 2. The Morgan fingerprint density at radius 2 is 2.38 bits per heavy atom. The summed E-state index contributed by atoms with van der Waals surface area (Å²) in [5.74, 6) is 4.90. The Kier molecular flexibility index (Phi) is 5.20. The van der Waals surface area contributed by atoms with Gasteiger partial charge in [-0.15, -0.1) is 0 Å². The summed E-state index contributed by atoms with van der Waals surface area (Å²) >= 11 is 1.04. The summed E-state index contributed by atoms with van der Waals surface area (Å²) in [7, 11) is 0. The topological polar surface area (TPSA) is 78.4 Å². The van der Waals surface area contributed by atoms with E-state index in [0.29, 0.717) is 17.0 Å². The number of rotatable bonds is 3. The monoisotopic (exact) mass is 308 g/mol. The highest BCUT2D eigenvalue weighted by atomic mass is 32.2. The minimum absolute atomic E-state index is 0.0880. The van der Waals surface area contributed by atoms with Crippen LogP contribution in [0.3, 0.4) is 0 Å². The number of aliphatic hydroxyl groups excluding tert-OH is 1. The van der Waals surface area contributed by atoms with E-state index in [-0.39, 0.29) is 24.2 Å². The zero-order valence-electron chi connectivity index (χ0n) is 11.0. The van der Waals surface area contributed by atoms with Crippen LogP contribution in [-0.2, 0) is 4.79 Å². The molecule has 2 amide bonds. The number of anilines is 1. The molecule has 3 N–H and O–H groups in total. The van der Waals surface area contributed by atoms with E-state index >= 15 is 0 Å². The standard InChI is InChI=1S/C14H13FN2O3S/c15-10-4-5-11(9(7-10)3-1-2-6-18)16-13(19)12-8-21-14(20)17-12/h4-5,7,12,18H,2,6,8H2,(H,16,19)(H,17,20). The molecule has 0 bridgehead atoms. The van der Waals surface area contributed by atoms with Gasteiger partial charge in [0, 0.05) is 12.2 Å². The van der Waals surface area contributed by atoms with Gasteiger partial charge in [0.05, 0.1) is 17.9 Å². The summed E-state index contributed by atoms with van der Waals surface area (Å²) in [5.41, 5.74) is 0.701. The van der Waals surface area contributed by atoms with E-state index in [9.17, 15) is 14.0 Å². The molecule has 21 heavy (non-hydrogen) atoms. The lowest BCUT2D eigenvalue weighted by molar-refractivity contribution is -0.117. The van der Waals surface area contributed by atoms with Gasteiger partial charge in [0.25, 0.3) is 5.24 Å². The lowest BCUT2D eigenvalue weighted by Crippen LogP contribution is -2.38. The fourth-order valence-electron chi connectivity index (χ4n) is 1.69. The smallest absolute Gasteiger partial charge is 0.279 e. The number of halogens is 1. The van der Waals surface area contributed by atoms with Crippen LogP contribution in [0.4, 0.5) is 14.9 Å². The summed E-state index contributed by atoms with van der Waals surface area (Å²) in [4.78, 5) is 23.1. The first-order valence-corrected chi connectivity index (χ1v) is 7.22. The van der Waals surface area contributed by atoms with Gasteiger partial charge in [0.2, 0.25) is 5.91 Å². The molecule has 0 aromatic heterocycles. The van der Waals surface area contributed by atoms with Crippen LogP contribution >= 0.6 is 11.8 Å². The van der Waals surface area contributed by atoms with Crippen LogP contribution in [0.1, 0.15) is 12.0 Å². The van der Waals surface area contributed by atoms with E-state index in [2.05, 4.69) is 22.5 Å². The highest BCUT2D eigenvalue weighted by Gasteiger charge is 2.28. The van der Waals surface area contributed by atoms with Crippen LogP contribution in [0.2, 0.25) is 0 Å². The minimum Gasteiger partial charge on any atom is -0.395 e. The Hall–Kier alpha value is -2.04. The minimum atomic E-state index is -0.606. The van der Waals surface area contributed by atoms with E-state index in [1.807, 2.05) is 0 Å². The van der Waals surface area contributed by atoms with Gasteiger partial charge in [-0.05, 0) is 18.2 Å². The van der Waals surface area contributed by atoms with E-state index in [0.717, 1.165) is 11.8 Å². The van der Waals surface area contributed by atoms with Crippen LogP contribution in [0.25, 0.3) is 0 Å². The van der Waals surface area contributed by atoms with Crippen molar-refractivity contribution in [3.05, 3.63) is 29.6 Å². The van der Waals surface area contributed by atoms with Crippen molar-refractivity contribution in [1.29, 1.82) is 0 Å². The van der Waals surface area contributed by atoms with Gasteiger partial charge < -0.3 is 15.7 Å². The Balaban J connectivity index is 2.14. The van der Waals surface area contributed by atoms with Gasteiger partial charge in [-0.25, -0.2) is 4.39 Å². The number of benzene rings is 1. The molecule has 2 rings (SSSR count). The zero-order valence-corrected chi connectivity index (χ0v) is 11.8. The molecule has 1 aromatic rings. The second-order valence-electron chi connectivity index (χ2n) is 4.25. The molecule has 1 heterocycles. The first-order valence-electron chi connectivity index (χ1n) is 6.23. The number of aliphatic hydroxyl groups is 1. The maximum atomic E-state index is 13.3. The molecule has 1 aliphatic rings. The molecule has 7 heteroatoms. The maximum absolute atomic E-state index is 13.3. The summed E-state index contributed by atoms with van der Waals surface area (Å²) < 4.78 is 13.3. The van der Waals surface area contributed by atoms with Gasteiger partial charge in [0.15, 0.2) is 0 Å². The van der Waals surface area contributed by atoms with Gasteiger partial charge in [-0.2, -0.15) is 0 Å². The summed E-state index contributed by atoms with van der Waals surface area (Å²) in [6.45, 7) is -0.0880. The van der Waals surface area contributed by atoms with Crippen molar-refractivity contribution in [3.63, 3.8) is 0 Å². The number of hydrogen-bond donors (Lipinski definition) is 3. The SMILES string of the molecule is O=C1NC(C(=O)Nc2ccc(F)cc2C#CCCO)CS1. The lowest BCUT2D eigenvalue weighted by Gasteiger charge is -2.11. The highest BCUT2D eigenvalue weighted by Crippen LogP contribution is 2.19. The Morgan fingerprint density at radius 1 is 1.57 bits per heavy atom. The Morgan fingerprint density at radius 3 is 3.05 bits per heavy atom. The maximum Gasteiger partial charge on any atom is 0.279 e. The van der Waals surface area contributed by atoms with Crippen molar-refractivity contribution in [2.24, 2.45) is 0 Å². The van der Waals surface area contributed by atoms with Gasteiger partial charge in [-0.3, -0.25) is 9.59 Å². The number of hydrogen-bond acceptors (Lipinski definition) is 4. The van der Waals surface area contributed by atoms with Crippen molar-refractivity contribution in [3.8, 4) is 11.8 Å². The molecule has 0 aliphatic carbocycles. The highest BCUT2D eigenvalue weighted by molar-refractivity contribution is 8.14. The van der Waals surface area contributed by atoms with Crippen LogP contribution in [0, 0.1) is 17.7 Å². The predicted molar refractivity (Wildman–Crippen MR) is 78.4 cm³/mol. The molecular weight excluding hydrogens is 295 g/mol. The average Bonchev–Trinajstić information content (AvgIpc) is 2.88. The quantitative estimate of drug-likeness (QED) is 0.736. The summed E-state index contributed by atoms with van der Waals surface area (Å²) in [6, 6.07) is 3.24. The van der Waals surface area contributed by atoms with E-state index in [4.69, 9.17) is 5.11 Å². The summed E-state index contributed by atoms with van der Waals surface area (Å²) in [6.07, 6.45) is 0.263. The normalized spacial score (nSPS) is 16.9. The first kappa shape index (κ1) is 15.4. The van der Waals surface area contributed by atoms with E-state index < -0.39 is 11.9 Å². The van der Waals surface area contributed by atoms with Gasteiger partial charge >= 0.3 is 0 Å². The fourth-order valence-corrected chi connectivity index (χ4v) is 2.47. The van der Waals surface area contributed by atoms with Gasteiger partial charge in [-0.1, -0.05) is 23.6 Å². The fraction of sp³-hybridized carbons (Fsp3) is 0.286. The Labute approximate surface area is 125 Å². The van der Waals surface area contributed by atoms with Crippen LogP contribution in [-0.4, -0.2) is 34.7 Å². The Bertz CT molecular complexity index is 624. The molecule has 110 valence electrons. The van der Waals surface area contributed by atoms with E-state index in [1.165, 1.54) is 18.2 Å². The zero-order chi connectivity index (χ0) is 15.2. The molecule has 1 aliphatic heterocycles. The first-order chi connectivity index (χ1) is 10.1. The van der Waals surface area contributed by atoms with Crippen LogP contribution in [0.5, 0.6) is 0 Å². The molecule has 1 fully saturated rings. The number of nitrogens with one attached hydrogen (secondary N) is 2. The molecule has 5 nitrogen and oxygen atoms in total. The molecular formula is C14H13FN2O3S. The van der Waals surface area contributed by atoms with Crippen molar-refractivity contribution in [1.82, 2.24) is 5.32 Å². The second kappa shape index (κ2) is 7.11. The molecule has 1 saturated heterocycles. The number of amides is 2. The van der Waals surface area contributed by atoms with Gasteiger partial charge in [0.1, 0.15) is 11.9 Å². The molecule has 0 saturated carbocycles. The molecule has 1 atom stereocenters. The second-order valence-corrected chi connectivity index (χ2v) is 5.24. The molecule has 0 spiro atoms. The van der Waals surface area contributed by atoms with E-state index in [1.54, 1.807) is 0 Å². The van der Waals surface area contributed by atoms with Crippen molar-refractivity contribution in [2.45, 2.75) is 12.5 Å². The molecule has 1 aromatic carbocycles.